The van der Waals surface area contributed by atoms with Gasteiger partial charge in [0.2, 0.25) is 0 Å². The molecule has 3 aromatic rings. The van der Waals surface area contributed by atoms with Crippen LogP contribution >= 0.6 is 0 Å². The molecular weight excluding hydrogens is 372 g/mol. The lowest BCUT2D eigenvalue weighted by molar-refractivity contribution is 0.0765. The van der Waals surface area contributed by atoms with E-state index < -0.39 is 0 Å². The number of benzene rings is 2. The Balaban J connectivity index is 1.30. The maximum atomic E-state index is 13.1. The first-order chi connectivity index (χ1) is 14.6. The highest BCUT2D eigenvalue weighted by molar-refractivity contribution is 5.94. The monoisotopic (exact) mass is 402 g/mol. The zero-order chi connectivity index (χ0) is 20.7. The molecule has 30 heavy (non-hydrogen) atoms. The Morgan fingerprint density at radius 3 is 2.47 bits per heavy atom. The van der Waals surface area contributed by atoms with Gasteiger partial charge < -0.3 is 4.90 Å². The molecule has 1 aromatic heterocycles. The van der Waals surface area contributed by atoms with Crippen molar-refractivity contribution in [2.75, 3.05) is 26.2 Å². The highest BCUT2D eigenvalue weighted by atomic mass is 16.2. The van der Waals surface area contributed by atoms with Gasteiger partial charge in [-0.25, -0.2) is 4.98 Å². The summed E-state index contributed by atoms with van der Waals surface area (Å²) in [6.07, 6.45) is 3.67. The van der Waals surface area contributed by atoms with Crippen LogP contribution in [0, 0.1) is 12.8 Å². The van der Waals surface area contributed by atoms with Crippen molar-refractivity contribution in [3.8, 4) is 5.69 Å². The number of likely N-dealkylation sites (tertiary alicyclic amines) is 2. The van der Waals surface area contributed by atoms with E-state index in [1.165, 1.54) is 25.9 Å². The second kappa shape index (κ2) is 7.88. The highest BCUT2D eigenvalue weighted by Gasteiger charge is 2.32. The molecule has 0 radical (unpaired) electrons. The smallest absolute Gasteiger partial charge is 0.253 e. The first kappa shape index (κ1) is 19.3. The summed E-state index contributed by atoms with van der Waals surface area (Å²) in [4.78, 5) is 22.4. The summed E-state index contributed by atoms with van der Waals surface area (Å²) < 4.78 is 2.15. The summed E-state index contributed by atoms with van der Waals surface area (Å²) in [5, 5.41) is 0. The number of rotatable bonds is 3. The van der Waals surface area contributed by atoms with Crippen molar-refractivity contribution < 1.29 is 4.79 Å². The van der Waals surface area contributed by atoms with Crippen LogP contribution in [0.5, 0.6) is 0 Å². The van der Waals surface area contributed by atoms with Gasteiger partial charge >= 0.3 is 0 Å². The number of imidazole rings is 1. The normalized spacial score (nSPS) is 20.9. The Labute approximate surface area is 178 Å². The van der Waals surface area contributed by atoms with E-state index in [0.717, 1.165) is 53.5 Å². The third-order valence-corrected chi connectivity index (χ3v) is 6.89. The minimum atomic E-state index is 0.154. The van der Waals surface area contributed by atoms with Crippen LogP contribution in [0.25, 0.3) is 16.7 Å². The number of piperidine rings is 1. The van der Waals surface area contributed by atoms with Crippen molar-refractivity contribution in [1.82, 2.24) is 19.4 Å². The van der Waals surface area contributed by atoms with Crippen LogP contribution in [0.15, 0.2) is 48.5 Å². The number of aromatic nitrogens is 2. The summed E-state index contributed by atoms with van der Waals surface area (Å²) in [6.45, 7) is 8.45. The number of aryl methyl sites for hydroxylation is 1. The summed E-state index contributed by atoms with van der Waals surface area (Å²) in [5.74, 6) is 1.95. The molecule has 0 spiro atoms. The molecule has 0 N–H and O–H groups in total. The van der Waals surface area contributed by atoms with E-state index in [9.17, 15) is 4.79 Å². The minimum Gasteiger partial charge on any atom is -0.337 e. The maximum Gasteiger partial charge on any atom is 0.253 e. The number of nitrogens with zero attached hydrogens (tertiary/aromatic N) is 4. The van der Waals surface area contributed by atoms with Crippen LogP contribution in [0.3, 0.4) is 0 Å². The summed E-state index contributed by atoms with van der Waals surface area (Å²) in [7, 11) is 0. The van der Waals surface area contributed by atoms with E-state index in [4.69, 9.17) is 0 Å². The molecule has 5 nitrogen and oxygen atoms in total. The molecule has 0 aliphatic carbocycles. The average Bonchev–Trinajstić information content (AvgIpc) is 3.38. The number of carbonyl (C=O) groups excluding carboxylic acids is 1. The van der Waals surface area contributed by atoms with Gasteiger partial charge in [0, 0.05) is 30.4 Å². The van der Waals surface area contributed by atoms with Gasteiger partial charge in [0.25, 0.3) is 5.91 Å². The van der Waals surface area contributed by atoms with Gasteiger partial charge in [0.05, 0.1) is 11.0 Å². The molecule has 2 fully saturated rings. The molecule has 5 rings (SSSR count). The lowest BCUT2D eigenvalue weighted by atomic mass is 9.98. The zero-order valence-corrected chi connectivity index (χ0v) is 17.9. The molecule has 2 aliphatic rings. The van der Waals surface area contributed by atoms with Gasteiger partial charge in [-0.3, -0.25) is 14.3 Å². The Kier molecular flexibility index (Phi) is 5.07. The highest BCUT2D eigenvalue weighted by Crippen LogP contribution is 2.25. The van der Waals surface area contributed by atoms with Crippen molar-refractivity contribution in [1.29, 1.82) is 0 Å². The molecule has 1 amide bonds. The molecule has 2 saturated heterocycles. The first-order valence-corrected chi connectivity index (χ1v) is 11.2. The van der Waals surface area contributed by atoms with Gasteiger partial charge in [-0.05, 0) is 81.6 Å². The van der Waals surface area contributed by atoms with E-state index in [-0.39, 0.29) is 5.91 Å². The third kappa shape index (κ3) is 3.52. The molecule has 3 heterocycles. The Bertz CT molecular complexity index is 1050. The molecule has 2 aliphatic heterocycles. The van der Waals surface area contributed by atoms with E-state index in [2.05, 4.69) is 27.4 Å². The molecular formula is C25H30N4O. The predicted molar refractivity (Wildman–Crippen MR) is 120 cm³/mol. The molecule has 1 atom stereocenters. The van der Waals surface area contributed by atoms with E-state index in [1.807, 2.05) is 54.3 Å². The predicted octanol–water partition coefficient (Wildman–Crippen LogP) is 4.28. The van der Waals surface area contributed by atoms with Crippen LogP contribution in [0.2, 0.25) is 0 Å². The van der Waals surface area contributed by atoms with Crippen molar-refractivity contribution in [3.05, 3.63) is 59.9 Å². The summed E-state index contributed by atoms with van der Waals surface area (Å²) in [5.41, 5.74) is 3.89. The zero-order valence-electron chi connectivity index (χ0n) is 17.9. The summed E-state index contributed by atoms with van der Waals surface area (Å²) >= 11 is 0. The lowest BCUT2D eigenvalue weighted by Gasteiger charge is -2.34. The number of carbonyl (C=O) groups is 1. The Morgan fingerprint density at radius 1 is 0.967 bits per heavy atom. The van der Waals surface area contributed by atoms with Crippen molar-refractivity contribution >= 4 is 16.9 Å². The van der Waals surface area contributed by atoms with Crippen LogP contribution in [0.1, 0.15) is 42.4 Å². The third-order valence-electron chi connectivity index (χ3n) is 6.89. The lowest BCUT2D eigenvalue weighted by Crippen LogP contribution is -2.43. The van der Waals surface area contributed by atoms with Crippen molar-refractivity contribution in [2.45, 2.75) is 39.2 Å². The second-order valence-corrected chi connectivity index (χ2v) is 8.94. The molecule has 0 saturated carbocycles. The number of amides is 1. The van der Waals surface area contributed by atoms with E-state index in [1.54, 1.807) is 0 Å². The van der Waals surface area contributed by atoms with Gasteiger partial charge in [-0.1, -0.05) is 19.1 Å². The number of hydrogen-bond donors (Lipinski definition) is 0. The van der Waals surface area contributed by atoms with Crippen LogP contribution in [0.4, 0.5) is 0 Å². The summed E-state index contributed by atoms with van der Waals surface area (Å²) in [6, 6.07) is 16.7. The molecule has 2 aromatic carbocycles. The SMILES string of the molecule is Cc1nc2ccccc2n1-c1ccc(C(=O)N2CC[C@H](N3CCC(C)CC3)C2)cc1. The van der Waals surface area contributed by atoms with Crippen molar-refractivity contribution in [2.24, 2.45) is 5.92 Å². The number of para-hydroxylation sites is 2. The van der Waals surface area contributed by atoms with Gasteiger partial charge in [0.15, 0.2) is 0 Å². The van der Waals surface area contributed by atoms with E-state index in [0.29, 0.717) is 6.04 Å². The fourth-order valence-corrected chi connectivity index (χ4v) is 5.03. The van der Waals surface area contributed by atoms with Gasteiger partial charge in [0.1, 0.15) is 5.82 Å². The number of hydrogen-bond acceptors (Lipinski definition) is 3. The fourth-order valence-electron chi connectivity index (χ4n) is 5.03. The van der Waals surface area contributed by atoms with E-state index >= 15 is 0 Å². The Hall–Kier alpha value is -2.66. The van der Waals surface area contributed by atoms with Crippen LogP contribution in [-0.4, -0.2) is 57.5 Å². The van der Waals surface area contributed by atoms with Gasteiger partial charge in [-0.15, -0.1) is 0 Å². The van der Waals surface area contributed by atoms with Crippen LogP contribution < -0.4 is 0 Å². The van der Waals surface area contributed by atoms with Crippen molar-refractivity contribution in [3.63, 3.8) is 0 Å². The topological polar surface area (TPSA) is 41.4 Å². The fraction of sp³-hybridized carbons (Fsp3) is 0.440. The number of fused-ring (bicyclic) bond motifs is 1. The molecule has 5 heteroatoms. The van der Waals surface area contributed by atoms with Gasteiger partial charge in [-0.2, -0.15) is 0 Å². The minimum absolute atomic E-state index is 0.154. The maximum absolute atomic E-state index is 13.1. The molecule has 0 bridgehead atoms. The second-order valence-electron chi connectivity index (χ2n) is 8.94. The molecule has 156 valence electrons. The standard InChI is InChI=1S/C25H30N4O/c1-18-11-14-27(15-12-18)22-13-16-28(17-22)25(30)20-7-9-21(10-8-20)29-19(2)26-23-5-3-4-6-24(23)29/h3-10,18,22H,11-17H2,1-2H3/t22-/m0/s1. The quantitative estimate of drug-likeness (QED) is 0.657. The van der Waals surface area contributed by atoms with Crippen LogP contribution in [-0.2, 0) is 0 Å². The average molecular weight is 403 g/mol. The Morgan fingerprint density at radius 2 is 1.70 bits per heavy atom. The largest absolute Gasteiger partial charge is 0.337 e. The first-order valence-electron chi connectivity index (χ1n) is 11.2. The molecule has 0 unspecified atom stereocenters.